The van der Waals surface area contributed by atoms with Crippen LogP contribution in [0.1, 0.15) is 0 Å². The molecule has 0 spiro atoms. The average Bonchev–Trinajstić information content (AvgIpc) is 3.03. The Morgan fingerprint density at radius 3 is 2.00 bits per heavy atom. The number of rotatable bonds is 5. The van der Waals surface area contributed by atoms with Gasteiger partial charge in [-0.25, -0.2) is 4.98 Å². The summed E-state index contributed by atoms with van der Waals surface area (Å²) in [6, 6.07) is 8.53. The number of nitrogens with zero attached hydrogens (tertiary/aromatic N) is 2. The van der Waals surface area contributed by atoms with E-state index in [0.717, 1.165) is 11.3 Å². The van der Waals surface area contributed by atoms with Crippen molar-refractivity contribution in [2.45, 2.75) is 0 Å². The van der Waals surface area contributed by atoms with Crippen LogP contribution in [0.3, 0.4) is 0 Å². The summed E-state index contributed by atoms with van der Waals surface area (Å²) in [5.41, 5.74) is 2.93. The van der Waals surface area contributed by atoms with Crippen molar-refractivity contribution in [2.75, 3.05) is 21.3 Å². The Morgan fingerprint density at radius 2 is 1.46 bits per heavy atom. The predicted octanol–water partition coefficient (Wildman–Crippen LogP) is 3.19. The largest absolute Gasteiger partial charge is 0.504 e. The van der Waals surface area contributed by atoms with E-state index in [-0.39, 0.29) is 23.0 Å². The third-order valence-corrected chi connectivity index (χ3v) is 4.14. The van der Waals surface area contributed by atoms with Crippen molar-refractivity contribution in [1.82, 2.24) is 9.55 Å². The summed E-state index contributed by atoms with van der Waals surface area (Å²) >= 11 is 0. The zero-order valence-electron chi connectivity index (χ0n) is 15.0. The van der Waals surface area contributed by atoms with E-state index in [1.807, 2.05) is 17.7 Å². The molecular weight excluding hydrogens is 336 g/mol. The highest BCUT2D eigenvalue weighted by atomic mass is 16.5. The first-order chi connectivity index (χ1) is 12.5. The van der Waals surface area contributed by atoms with E-state index in [1.165, 1.54) is 21.3 Å². The van der Waals surface area contributed by atoms with Crippen LogP contribution in [0.2, 0.25) is 0 Å². The third kappa shape index (κ3) is 2.88. The van der Waals surface area contributed by atoms with Crippen LogP contribution in [-0.2, 0) is 7.05 Å². The van der Waals surface area contributed by atoms with E-state index in [2.05, 4.69) is 4.98 Å². The SMILES string of the molecule is COc1ccc(-c2c(-c3cc(OC)c(O)c(OC)c3)ncn2C)cc1O. The van der Waals surface area contributed by atoms with Gasteiger partial charge in [0.05, 0.1) is 39.0 Å². The molecule has 7 heteroatoms. The minimum atomic E-state index is -0.0710. The lowest BCUT2D eigenvalue weighted by molar-refractivity contribution is 0.340. The number of aromatic nitrogens is 2. The Morgan fingerprint density at radius 1 is 0.846 bits per heavy atom. The molecule has 2 N–H and O–H groups in total. The van der Waals surface area contributed by atoms with Crippen molar-refractivity contribution in [3.8, 4) is 51.3 Å². The Kier molecular flexibility index (Phi) is 4.62. The first kappa shape index (κ1) is 17.5. The molecule has 0 aliphatic carbocycles. The molecule has 1 heterocycles. The first-order valence-electron chi connectivity index (χ1n) is 7.84. The molecule has 0 saturated heterocycles. The highest BCUT2D eigenvalue weighted by Gasteiger charge is 2.19. The van der Waals surface area contributed by atoms with Gasteiger partial charge in [-0.3, -0.25) is 0 Å². The number of methoxy groups -OCH3 is 3. The Balaban J connectivity index is 2.19. The lowest BCUT2D eigenvalue weighted by atomic mass is 10.0. The summed E-state index contributed by atoms with van der Waals surface area (Å²) in [7, 11) is 6.31. The van der Waals surface area contributed by atoms with Crippen LogP contribution in [0, 0.1) is 0 Å². The zero-order chi connectivity index (χ0) is 18.8. The Labute approximate surface area is 151 Å². The lowest BCUT2D eigenvalue weighted by Crippen LogP contribution is -1.94. The van der Waals surface area contributed by atoms with Crippen LogP contribution in [0.25, 0.3) is 22.5 Å². The summed E-state index contributed by atoms with van der Waals surface area (Å²) in [5, 5.41) is 20.2. The zero-order valence-corrected chi connectivity index (χ0v) is 15.0. The lowest BCUT2D eigenvalue weighted by Gasteiger charge is -2.12. The molecule has 0 amide bonds. The third-order valence-electron chi connectivity index (χ3n) is 4.14. The van der Waals surface area contributed by atoms with Gasteiger partial charge in [0.15, 0.2) is 23.0 Å². The molecule has 0 bridgehead atoms. The molecule has 7 nitrogen and oxygen atoms in total. The molecule has 3 rings (SSSR count). The van der Waals surface area contributed by atoms with Crippen LogP contribution < -0.4 is 14.2 Å². The normalized spacial score (nSPS) is 10.6. The molecule has 0 aliphatic heterocycles. The predicted molar refractivity (Wildman–Crippen MR) is 97.1 cm³/mol. The van der Waals surface area contributed by atoms with E-state index < -0.39 is 0 Å². The van der Waals surface area contributed by atoms with Gasteiger partial charge in [0.2, 0.25) is 5.75 Å². The fourth-order valence-corrected chi connectivity index (χ4v) is 2.85. The number of aryl methyl sites for hydroxylation is 1. The summed E-state index contributed by atoms with van der Waals surface area (Å²) < 4.78 is 17.4. The van der Waals surface area contributed by atoms with Crippen LogP contribution in [0.5, 0.6) is 28.7 Å². The van der Waals surface area contributed by atoms with Gasteiger partial charge in [-0.2, -0.15) is 0 Å². The van der Waals surface area contributed by atoms with Crippen molar-refractivity contribution in [2.24, 2.45) is 7.05 Å². The van der Waals surface area contributed by atoms with Crippen LogP contribution in [0.15, 0.2) is 36.7 Å². The molecule has 2 aromatic carbocycles. The highest BCUT2D eigenvalue weighted by molar-refractivity contribution is 5.81. The summed E-state index contributed by atoms with van der Waals surface area (Å²) in [6.07, 6.45) is 1.68. The summed E-state index contributed by atoms with van der Waals surface area (Å²) in [5.74, 6) is 0.934. The standard InChI is InChI=1S/C19H20N2O5/c1-21-10-20-17(12-8-15(25-3)19(23)16(9-12)26-4)18(21)11-5-6-14(24-2)13(22)7-11/h5-10,22-23H,1-4H3. The van der Waals surface area contributed by atoms with Gasteiger partial charge >= 0.3 is 0 Å². The van der Waals surface area contributed by atoms with E-state index in [1.54, 1.807) is 30.6 Å². The van der Waals surface area contributed by atoms with Crippen molar-refractivity contribution in [1.29, 1.82) is 0 Å². The van der Waals surface area contributed by atoms with Gasteiger partial charge in [-0.15, -0.1) is 0 Å². The molecule has 0 fully saturated rings. The number of hydrogen-bond donors (Lipinski definition) is 2. The molecule has 0 atom stereocenters. The summed E-state index contributed by atoms with van der Waals surface area (Å²) in [4.78, 5) is 4.47. The maximum Gasteiger partial charge on any atom is 0.200 e. The van der Waals surface area contributed by atoms with Crippen molar-refractivity contribution in [3.05, 3.63) is 36.7 Å². The number of phenolic OH excluding ortho intramolecular Hbond substituents is 2. The smallest absolute Gasteiger partial charge is 0.200 e. The van der Waals surface area contributed by atoms with Crippen LogP contribution >= 0.6 is 0 Å². The Bertz CT molecular complexity index is 924. The average molecular weight is 356 g/mol. The molecule has 0 unspecified atom stereocenters. The highest BCUT2D eigenvalue weighted by Crippen LogP contribution is 2.42. The van der Waals surface area contributed by atoms with E-state index >= 15 is 0 Å². The van der Waals surface area contributed by atoms with E-state index in [4.69, 9.17) is 14.2 Å². The molecule has 3 aromatic rings. The molecule has 1 aromatic heterocycles. The van der Waals surface area contributed by atoms with Gasteiger partial charge in [0.25, 0.3) is 0 Å². The molecule has 136 valence electrons. The topological polar surface area (TPSA) is 86.0 Å². The minimum absolute atomic E-state index is 0.0398. The number of imidazole rings is 1. The monoisotopic (exact) mass is 356 g/mol. The van der Waals surface area contributed by atoms with E-state index in [9.17, 15) is 10.2 Å². The molecule has 0 saturated carbocycles. The van der Waals surface area contributed by atoms with Gasteiger partial charge in [-0.05, 0) is 30.3 Å². The minimum Gasteiger partial charge on any atom is -0.504 e. The molecule has 0 aliphatic rings. The van der Waals surface area contributed by atoms with Crippen molar-refractivity contribution >= 4 is 0 Å². The molecular formula is C19H20N2O5. The second-order valence-corrected chi connectivity index (χ2v) is 5.67. The number of aromatic hydroxyl groups is 2. The van der Waals surface area contributed by atoms with Gasteiger partial charge < -0.3 is 29.0 Å². The number of ether oxygens (including phenoxy) is 3. The van der Waals surface area contributed by atoms with Crippen LogP contribution in [0.4, 0.5) is 0 Å². The van der Waals surface area contributed by atoms with Gasteiger partial charge in [-0.1, -0.05) is 0 Å². The maximum absolute atomic E-state index is 10.1. The number of hydrogen-bond acceptors (Lipinski definition) is 6. The van der Waals surface area contributed by atoms with Crippen LogP contribution in [-0.4, -0.2) is 41.1 Å². The van der Waals surface area contributed by atoms with Crippen molar-refractivity contribution in [3.63, 3.8) is 0 Å². The second-order valence-electron chi connectivity index (χ2n) is 5.67. The number of phenols is 2. The quantitative estimate of drug-likeness (QED) is 0.730. The van der Waals surface area contributed by atoms with Gasteiger partial charge in [0, 0.05) is 18.2 Å². The summed E-state index contributed by atoms with van der Waals surface area (Å²) in [6.45, 7) is 0. The molecule has 26 heavy (non-hydrogen) atoms. The fourth-order valence-electron chi connectivity index (χ4n) is 2.85. The maximum atomic E-state index is 10.1. The Hall–Kier alpha value is -3.35. The first-order valence-corrected chi connectivity index (χ1v) is 7.84. The number of benzene rings is 2. The molecule has 0 radical (unpaired) electrons. The fraction of sp³-hybridized carbons (Fsp3) is 0.211. The van der Waals surface area contributed by atoms with Crippen molar-refractivity contribution < 1.29 is 24.4 Å². The van der Waals surface area contributed by atoms with E-state index in [0.29, 0.717) is 17.0 Å². The second kappa shape index (κ2) is 6.87. The van der Waals surface area contributed by atoms with Gasteiger partial charge in [0.1, 0.15) is 0 Å².